The number of hydrogen-bond donors (Lipinski definition) is 2. The Hall–Kier alpha value is -1.99. The summed E-state index contributed by atoms with van der Waals surface area (Å²) in [6.45, 7) is 1.04. The minimum atomic E-state index is -0.258. The van der Waals surface area contributed by atoms with Crippen molar-refractivity contribution in [2.75, 3.05) is 18.1 Å². The molecule has 0 saturated carbocycles. The van der Waals surface area contributed by atoms with Crippen molar-refractivity contribution >= 4 is 23.6 Å². The fraction of sp³-hybridized carbons (Fsp3) is 0.333. The number of amides is 2. The van der Waals surface area contributed by atoms with E-state index in [1.54, 1.807) is 29.7 Å². The molecule has 1 aliphatic heterocycles. The molecule has 2 heterocycles. The molecule has 1 unspecified atom stereocenters. The Balaban J connectivity index is 1.58. The summed E-state index contributed by atoms with van der Waals surface area (Å²) in [4.78, 5) is 13.0. The zero-order valence-electron chi connectivity index (χ0n) is 12.5. The zero-order valence-corrected chi connectivity index (χ0v) is 13.3. The Kier molecular flexibility index (Phi) is 4.35. The standard InChI is InChI=1S/C15H18N4O2S/c1-19-14(13(22-2)8-17-19)18-15(20)16-7-12-11-6-4-3-5-10(11)9-21-12/h3-6,8,12H,7,9H2,1-2H3,(H2,16,18,20). The molecule has 0 saturated heterocycles. The van der Waals surface area contributed by atoms with E-state index in [0.29, 0.717) is 19.0 Å². The van der Waals surface area contributed by atoms with Gasteiger partial charge >= 0.3 is 6.03 Å². The van der Waals surface area contributed by atoms with E-state index in [2.05, 4.69) is 21.8 Å². The average molecular weight is 318 g/mol. The van der Waals surface area contributed by atoms with Crippen LogP contribution in [0.25, 0.3) is 0 Å². The summed E-state index contributed by atoms with van der Waals surface area (Å²) in [5.74, 6) is 0.692. The lowest BCUT2D eigenvalue weighted by atomic mass is 10.1. The number of carbonyl (C=O) groups is 1. The Morgan fingerprint density at radius 2 is 2.32 bits per heavy atom. The molecule has 1 aromatic heterocycles. The molecule has 0 aliphatic carbocycles. The highest BCUT2D eigenvalue weighted by Gasteiger charge is 2.23. The lowest BCUT2D eigenvalue weighted by Gasteiger charge is -2.13. The number of aryl methyl sites for hydroxylation is 1. The summed E-state index contributed by atoms with van der Waals surface area (Å²) in [6, 6.07) is 7.82. The maximum atomic E-state index is 12.1. The van der Waals surface area contributed by atoms with Crippen LogP contribution in [-0.4, -0.2) is 28.6 Å². The fourth-order valence-electron chi connectivity index (χ4n) is 2.48. The lowest BCUT2D eigenvalue weighted by molar-refractivity contribution is 0.0679. The SMILES string of the molecule is CSc1cnn(C)c1NC(=O)NCC1OCc2ccccc21. The monoisotopic (exact) mass is 318 g/mol. The van der Waals surface area contributed by atoms with E-state index < -0.39 is 0 Å². The first kappa shape index (κ1) is 14.9. The van der Waals surface area contributed by atoms with Crippen molar-refractivity contribution in [1.29, 1.82) is 0 Å². The van der Waals surface area contributed by atoms with Crippen molar-refractivity contribution in [3.63, 3.8) is 0 Å². The number of ether oxygens (including phenoxy) is 1. The number of anilines is 1. The van der Waals surface area contributed by atoms with Gasteiger partial charge in [0.1, 0.15) is 11.9 Å². The van der Waals surface area contributed by atoms with Gasteiger partial charge in [-0.05, 0) is 17.4 Å². The molecule has 3 rings (SSSR count). The predicted molar refractivity (Wildman–Crippen MR) is 86.0 cm³/mol. The molecule has 1 aliphatic rings. The largest absolute Gasteiger partial charge is 0.367 e. The topological polar surface area (TPSA) is 68.2 Å². The first-order chi connectivity index (χ1) is 10.7. The summed E-state index contributed by atoms with van der Waals surface area (Å²) < 4.78 is 7.36. The maximum absolute atomic E-state index is 12.1. The molecule has 116 valence electrons. The van der Waals surface area contributed by atoms with Crippen LogP contribution in [0.15, 0.2) is 35.4 Å². The van der Waals surface area contributed by atoms with Gasteiger partial charge in [0.05, 0.1) is 17.7 Å². The highest BCUT2D eigenvalue weighted by molar-refractivity contribution is 7.98. The van der Waals surface area contributed by atoms with Gasteiger partial charge in [-0.25, -0.2) is 4.79 Å². The average Bonchev–Trinajstić information content (AvgIpc) is 3.10. The predicted octanol–water partition coefficient (Wildman–Crippen LogP) is 2.54. The maximum Gasteiger partial charge on any atom is 0.320 e. The second-order valence-electron chi connectivity index (χ2n) is 5.02. The van der Waals surface area contributed by atoms with Crippen LogP contribution in [0, 0.1) is 0 Å². The highest BCUT2D eigenvalue weighted by Crippen LogP contribution is 2.29. The fourth-order valence-corrected chi connectivity index (χ4v) is 3.00. The molecule has 0 bridgehead atoms. The van der Waals surface area contributed by atoms with Crippen molar-refractivity contribution in [3.8, 4) is 0 Å². The Morgan fingerprint density at radius 3 is 3.14 bits per heavy atom. The molecular formula is C15H18N4O2S. The zero-order chi connectivity index (χ0) is 15.5. The van der Waals surface area contributed by atoms with Crippen LogP contribution < -0.4 is 10.6 Å². The van der Waals surface area contributed by atoms with Gasteiger partial charge < -0.3 is 10.1 Å². The summed E-state index contributed by atoms with van der Waals surface area (Å²) in [5.41, 5.74) is 2.33. The normalized spacial score (nSPS) is 16.4. The van der Waals surface area contributed by atoms with Gasteiger partial charge in [0, 0.05) is 13.6 Å². The third-order valence-electron chi connectivity index (χ3n) is 3.65. The van der Waals surface area contributed by atoms with Crippen LogP contribution in [0.3, 0.4) is 0 Å². The van der Waals surface area contributed by atoms with Crippen molar-refractivity contribution in [2.24, 2.45) is 7.05 Å². The van der Waals surface area contributed by atoms with Crippen LogP contribution in [0.5, 0.6) is 0 Å². The molecule has 7 heteroatoms. The smallest absolute Gasteiger partial charge is 0.320 e. The second-order valence-corrected chi connectivity index (χ2v) is 5.87. The minimum Gasteiger partial charge on any atom is -0.367 e. The van der Waals surface area contributed by atoms with Crippen molar-refractivity contribution in [2.45, 2.75) is 17.6 Å². The van der Waals surface area contributed by atoms with Crippen molar-refractivity contribution < 1.29 is 9.53 Å². The quantitative estimate of drug-likeness (QED) is 0.850. The Morgan fingerprint density at radius 1 is 1.50 bits per heavy atom. The van der Waals surface area contributed by atoms with Gasteiger partial charge in [-0.15, -0.1) is 11.8 Å². The van der Waals surface area contributed by atoms with E-state index in [4.69, 9.17) is 4.74 Å². The molecule has 0 radical (unpaired) electrons. The number of carbonyl (C=O) groups excluding carboxylic acids is 1. The minimum absolute atomic E-state index is 0.0893. The third kappa shape index (κ3) is 2.95. The second kappa shape index (κ2) is 6.41. The Labute approximate surface area is 133 Å². The van der Waals surface area contributed by atoms with E-state index >= 15 is 0 Å². The number of hydrogen-bond acceptors (Lipinski definition) is 4. The number of nitrogens with one attached hydrogen (secondary N) is 2. The first-order valence-electron chi connectivity index (χ1n) is 6.99. The number of aromatic nitrogens is 2. The third-order valence-corrected chi connectivity index (χ3v) is 4.39. The molecule has 22 heavy (non-hydrogen) atoms. The summed E-state index contributed by atoms with van der Waals surface area (Å²) in [6.07, 6.45) is 3.59. The van der Waals surface area contributed by atoms with Gasteiger partial charge in [0.15, 0.2) is 0 Å². The highest BCUT2D eigenvalue weighted by atomic mass is 32.2. The molecule has 0 spiro atoms. The van der Waals surface area contributed by atoms with Crippen molar-refractivity contribution in [3.05, 3.63) is 41.6 Å². The Bertz CT molecular complexity index is 686. The molecule has 1 aromatic carbocycles. The van der Waals surface area contributed by atoms with Crippen LogP contribution in [0.1, 0.15) is 17.2 Å². The molecule has 0 fully saturated rings. The van der Waals surface area contributed by atoms with E-state index in [9.17, 15) is 4.79 Å². The van der Waals surface area contributed by atoms with E-state index in [0.717, 1.165) is 10.5 Å². The molecular weight excluding hydrogens is 300 g/mol. The van der Waals surface area contributed by atoms with Crippen LogP contribution in [0.2, 0.25) is 0 Å². The summed E-state index contributed by atoms with van der Waals surface area (Å²) in [7, 11) is 1.80. The molecule has 1 atom stereocenters. The van der Waals surface area contributed by atoms with Gasteiger partial charge in [-0.3, -0.25) is 10.00 Å². The van der Waals surface area contributed by atoms with Gasteiger partial charge in [0.2, 0.25) is 0 Å². The number of urea groups is 1. The molecule has 6 nitrogen and oxygen atoms in total. The van der Waals surface area contributed by atoms with E-state index in [-0.39, 0.29) is 12.1 Å². The number of benzene rings is 1. The molecule has 2 N–H and O–H groups in total. The van der Waals surface area contributed by atoms with Crippen LogP contribution in [-0.2, 0) is 18.4 Å². The summed E-state index contributed by atoms with van der Waals surface area (Å²) >= 11 is 1.54. The van der Waals surface area contributed by atoms with Crippen LogP contribution >= 0.6 is 11.8 Å². The van der Waals surface area contributed by atoms with Gasteiger partial charge in [-0.2, -0.15) is 5.10 Å². The lowest BCUT2D eigenvalue weighted by Crippen LogP contribution is -2.33. The number of rotatable bonds is 4. The van der Waals surface area contributed by atoms with Gasteiger partial charge in [-0.1, -0.05) is 24.3 Å². The molecule has 2 aromatic rings. The number of thioether (sulfide) groups is 1. The van der Waals surface area contributed by atoms with Crippen LogP contribution in [0.4, 0.5) is 10.6 Å². The summed E-state index contributed by atoms with van der Waals surface area (Å²) in [5, 5.41) is 9.83. The van der Waals surface area contributed by atoms with E-state index in [1.807, 2.05) is 24.5 Å². The number of nitrogens with zero attached hydrogens (tertiary/aromatic N) is 2. The molecule has 2 amide bonds. The first-order valence-corrected chi connectivity index (χ1v) is 8.21. The van der Waals surface area contributed by atoms with E-state index in [1.165, 1.54) is 5.56 Å². The van der Waals surface area contributed by atoms with Crippen molar-refractivity contribution in [1.82, 2.24) is 15.1 Å². The van der Waals surface area contributed by atoms with Gasteiger partial charge in [0.25, 0.3) is 0 Å². The number of fused-ring (bicyclic) bond motifs is 1.